The van der Waals surface area contributed by atoms with Gasteiger partial charge in [0.2, 0.25) is 0 Å². The molecule has 0 aliphatic carbocycles. The van der Waals surface area contributed by atoms with Crippen molar-refractivity contribution in [3.8, 4) is 0 Å². The molecule has 3 rings (SSSR count). The maximum absolute atomic E-state index is 13.1. The fourth-order valence-corrected chi connectivity index (χ4v) is 4.71. The van der Waals surface area contributed by atoms with Crippen LogP contribution in [0.25, 0.3) is 10.2 Å². The summed E-state index contributed by atoms with van der Waals surface area (Å²) in [5.41, 5.74) is 2.28. The number of nitrogens with one attached hydrogen (secondary N) is 1. The Balaban J connectivity index is 1.92. The smallest absolute Gasteiger partial charge is 0.270 e. The molecule has 0 radical (unpaired) electrons. The van der Waals surface area contributed by atoms with E-state index < -0.39 is 0 Å². The molecule has 0 unspecified atom stereocenters. The van der Waals surface area contributed by atoms with Crippen molar-refractivity contribution in [1.29, 1.82) is 0 Å². The van der Waals surface area contributed by atoms with E-state index in [2.05, 4.69) is 39.0 Å². The molecule has 26 heavy (non-hydrogen) atoms. The van der Waals surface area contributed by atoms with Crippen LogP contribution >= 0.6 is 22.7 Å². The van der Waals surface area contributed by atoms with Crippen molar-refractivity contribution in [1.82, 2.24) is 4.98 Å². The highest BCUT2D eigenvalue weighted by molar-refractivity contribution is 7.22. The molecular formula is C20H26N3OS2+. The summed E-state index contributed by atoms with van der Waals surface area (Å²) in [6.45, 7) is 10.3. The molecule has 0 aliphatic rings. The van der Waals surface area contributed by atoms with Crippen molar-refractivity contribution in [3.63, 3.8) is 0 Å². The lowest BCUT2D eigenvalue weighted by molar-refractivity contribution is -0.894. The lowest BCUT2D eigenvalue weighted by Gasteiger charge is -2.22. The number of likely N-dealkylation sites (N-methyl/N-ethyl adjacent to an activating group) is 1. The van der Waals surface area contributed by atoms with Crippen LogP contribution in [0.2, 0.25) is 0 Å². The Labute approximate surface area is 163 Å². The minimum absolute atomic E-state index is 0.0568. The number of amides is 1. The summed E-state index contributed by atoms with van der Waals surface area (Å²) in [4.78, 5) is 22.0. The van der Waals surface area contributed by atoms with E-state index in [9.17, 15) is 4.79 Å². The number of nitrogens with zero attached hydrogens (tertiary/aromatic N) is 2. The van der Waals surface area contributed by atoms with E-state index in [0.29, 0.717) is 6.54 Å². The number of carbonyl (C=O) groups is 1. The SMILES string of the molecule is CCc1ccc2nc(N(CC[NH+](CC)CC)C(=O)c3cccs3)sc2c1. The first-order valence-electron chi connectivity index (χ1n) is 9.24. The van der Waals surface area contributed by atoms with E-state index >= 15 is 0 Å². The van der Waals surface area contributed by atoms with Crippen LogP contribution in [0.3, 0.4) is 0 Å². The molecule has 0 spiro atoms. The number of rotatable bonds is 8. The van der Waals surface area contributed by atoms with Crippen LogP contribution in [0.5, 0.6) is 0 Å². The molecule has 4 nitrogen and oxygen atoms in total. The van der Waals surface area contributed by atoms with Gasteiger partial charge in [0, 0.05) is 0 Å². The highest BCUT2D eigenvalue weighted by Gasteiger charge is 2.23. The number of thiazole rings is 1. The Hall–Kier alpha value is -1.76. The van der Waals surface area contributed by atoms with Crippen molar-refractivity contribution < 1.29 is 9.69 Å². The maximum Gasteiger partial charge on any atom is 0.270 e. The van der Waals surface area contributed by atoms with Crippen LogP contribution in [-0.4, -0.2) is 37.1 Å². The van der Waals surface area contributed by atoms with Crippen LogP contribution in [0.4, 0.5) is 5.13 Å². The summed E-state index contributed by atoms with van der Waals surface area (Å²) >= 11 is 3.11. The van der Waals surface area contributed by atoms with Gasteiger partial charge in [-0.1, -0.05) is 30.4 Å². The van der Waals surface area contributed by atoms with Gasteiger partial charge in [0.15, 0.2) is 5.13 Å². The number of hydrogen-bond donors (Lipinski definition) is 1. The number of thiophene rings is 1. The van der Waals surface area contributed by atoms with Crippen LogP contribution in [0, 0.1) is 0 Å². The molecule has 138 valence electrons. The largest absolute Gasteiger partial charge is 0.334 e. The van der Waals surface area contributed by atoms with Gasteiger partial charge in [0.1, 0.15) is 0 Å². The van der Waals surface area contributed by atoms with Crippen molar-refractivity contribution >= 4 is 43.9 Å². The Bertz CT molecular complexity index is 853. The third kappa shape index (κ3) is 4.14. The second-order valence-corrected chi connectivity index (χ2v) is 8.25. The Morgan fingerprint density at radius 2 is 2.00 bits per heavy atom. The van der Waals surface area contributed by atoms with Crippen LogP contribution < -0.4 is 9.80 Å². The summed E-state index contributed by atoms with van der Waals surface area (Å²) < 4.78 is 1.15. The number of aromatic nitrogens is 1. The fraction of sp³-hybridized carbons (Fsp3) is 0.400. The molecular weight excluding hydrogens is 362 g/mol. The predicted octanol–water partition coefficient (Wildman–Crippen LogP) is 3.49. The van der Waals surface area contributed by atoms with Crippen molar-refractivity contribution in [3.05, 3.63) is 46.2 Å². The Kier molecular flexibility index (Phi) is 6.40. The molecule has 0 saturated carbocycles. The zero-order chi connectivity index (χ0) is 18.5. The van der Waals surface area contributed by atoms with Crippen molar-refractivity contribution in [2.45, 2.75) is 27.2 Å². The lowest BCUT2D eigenvalue weighted by atomic mass is 10.2. The number of aryl methyl sites for hydroxylation is 1. The van der Waals surface area contributed by atoms with Gasteiger partial charge in [-0.3, -0.25) is 9.69 Å². The molecule has 0 atom stereocenters. The molecule has 6 heteroatoms. The first kappa shape index (κ1) is 19.0. The molecule has 1 N–H and O–H groups in total. The minimum Gasteiger partial charge on any atom is -0.334 e. The van der Waals surface area contributed by atoms with E-state index in [4.69, 9.17) is 4.98 Å². The number of fused-ring (bicyclic) bond motifs is 1. The summed E-state index contributed by atoms with van der Waals surface area (Å²) in [5.74, 6) is 0.0568. The van der Waals surface area contributed by atoms with E-state index in [0.717, 1.165) is 46.3 Å². The molecule has 1 amide bonds. The van der Waals surface area contributed by atoms with Gasteiger partial charge in [-0.05, 0) is 49.4 Å². The lowest BCUT2D eigenvalue weighted by Crippen LogP contribution is -3.12. The normalized spacial score (nSPS) is 11.4. The number of quaternary nitrogens is 1. The van der Waals surface area contributed by atoms with Crippen LogP contribution in [0.15, 0.2) is 35.7 Å². The first-order chi connectivity index (χ1) is 12.7. The van der Waals surface area contributed by atoms with Gasteiger partial charge >= 0.3 is 0 Å². The summed E-state index contributed by atoms with van der Waals surface area (Å²) in [6.07, 6.45) is 1.01. The van der Waals surface area contributed by atoms with Gasteiger partial charge in [-0.25, -0.2) is 4.98 Å². The highest BCUT2D eigenvalue weighted by Crippen LogP contribution is 2.31. The Morgan fingerprint density at radius 3 is 2.65 bits per heavy atom. The summed E-state index contributed by atoms with van der Waals surface area (Å²) in [6, 6.07) is 10.2. The molecule has 0 fully saturated rings. The van der Waals surface area contributed by atoms with E-state index in [1.165, 1.54) is 21.8 Å². The first-order valence-corrected chi connectivity index (χ1v) is 10.9. The second kappa shape index (κ2) is 8.75. The van der Waals surface area contributed by atoms with E-state index in [1.54, 1.807) is 11.3 Å². The number of benzene rings is 1. The molecule has 0 aliphatic heterocycles. The van der Waals surface area contributed by atoms with Crippen molar-refractivity contribution in [2.24, 2.45) is 0 Å². The predicted molar refractivity (Wildman–Crippen MR) is 112 cm³/mol. The monoisotopic (exact) mass is 388 g/mol. The fourth-order valence-electron chi connectivity index (χ4n) is 2.98. The summed E-state index contributed by atoms with van der Waals surface area (Å²) in [5, 5.41) is 2.76. The highest BCUT2D eigenvalue weighted by atomic mass is 32.1. The molecule has 3 aromatic rings. The number of carbonyl (C=O) groups excluding carboxylic acids is 1. The zero-order valence-corrected chi connectivity index (χ0v) is 17.3. The number of anilines is 1. The van der Waals surface area contributed by atoms with E-state index in [1.807, 2.05) is 22.4 Å². The molecule has 2 heterocycles. The third-order valence-electron chi connectivity index (χ3n) is 4.75. The standard InChI is InChI=1S/C20H25N3OS2/c1-4-15-9-10-16-18(14-15)26-20(21-16)23(12-11-22(5-2)6-3)19(24)17-8-7-13-25-17/h7-10,13-14H,4-6,11-12H2,1-3H3/p+1. The maximum atomic E-state index is 13.1. The third-order valence-corrected chi connectivity index (χ3v) is 6.65. The molecule has 0 saturated heterocycles. The van der Waals surface area contributed by atoms with Crippen molar-refractivity contribution in [2.75, 3.05) is 31.1 Å². The van der Waals surface area contributed by atoms with Gasteiger partial charge in [-0.15, -0.1) is 11.3 Å². The topological polar surface area (TPSA) is 37.6 Å². The van der Waals surface area contributed by atoms with Gasteiger partial charge < -0.3 is 4.90 Å². The molecule has 1 aromatic carbocycles. The van der Waals surface area contributed by atoms with Crippen LogP contribution in [-0.2, 0) is 6.42 Å². The minimum atomic E-state index is 0.0568. The van der Waals surface area contributed by atoms with Crippen LogP contribution in [0.1, 0.15) is 36.0 Å². The molecule has 0 bridgehead atoms. The Morgan fingerprint density at radius 1 is 1.19 bits per heavy atom. The zero-order valence-electron chi connectivity index (χ0n) is 15.6. The average Bonchev–Trinajstić information content (AvgIpc) is 3.33. The second-order valence-electron chi connectivity index (χ2n) is 6.29. The molecule has 2 aromatic heterocycles. The van der Waals surface area contributed by atoms with Gasteiger partial charge in [0.05, 0.1) is 41.3 Å². The quantitative estimate of drug-likeness (QED) is 0.641. The van der Waals surface area contributed by atoms with E-state index in [-0.39, 0.29) is 5.91 Å². The summed E-state index contributed by atoms with van der Waals surface area (Å²) in [7, 11) is 0. The van der Waals surface area contributed by atoms with Gasteiger partial charge in [0.25, 0.3) is 5.91 Å². The number of hydrogen-bond acceptors (Lipinski definition) is 4. The average molecular weight is 389 g/mol. The van der Waals surface area contributed by atoms with Gasteiger partial charge in [-0.2, -0.15) is 0 Å².